The van der Waals surface area contributed by atoms with E-state index in [9.17, 15) is 4.79 Å². The Morgan fingerprint density at radius 1 is 0.957 bits per heavy atom. The van der Waals surface area contributed by atoms with Gasteiger partial charge in [-0.2, -0.15) is 0 Å². The SMILES string of the molecule is O=C(Nc1ccccc1)c1cc(OCc2ccccc2)ncn1. The lowest BCUT2D eigenvalue weighted by Gasteiger charge is -2.07. The smallest absolute Gasteiger partial charge is 0.274 e. The third kappa shape index (κ3) is 4.14. The molecule has 1 amide bonds. The highest BCUT2D eigenvalue weighted by Crippen LogP contribution is 2.12. The number of carbonyl (C=O) groups excluding carboxylic acids is 1. The maximum Gasteiger partial charge on any atom is 0.274 e. The van der Waals surface area contributed by atoms with Crippen molar-refractivity contribution in [3.63, 3.8) is 0 Å². The molecular weight excluding hydrogens is 290 g/mol. The van der Waals surface area contributed by atoms with Crippen molar-refractivity contribution in [1.82, 2.24) is 9.97 Å². The Hall–Kier alpha value is -3.21. The summed E-state index contributed by atoms with van der Waals surface area (Å²) in [7, 11) is 0. The van der Waals surface area contributed by atoms with Crippen LogP contribution >= 0.6 is 0 Å². The van der Waals surface area contributed by atoms with Crippen LogP contribution in [0.5, 0.6) is 5.88 Å². The molecule has 5 heteroatoms. The second-order valence-corrected chi connectivity index (χ2v) is 4.84. The Balaban J connectivity index is 1.66. The van der Waals surface area contributed by atoms with Crippen LogP contribution in [0.3, 0.4) is 0 Å². The first-order valence-corrected chi connectivity index (χ1v) is 7.16. The molecule has 114 valence electrons. The highest BCUT2D eigenvalue weighted by atomic mass is 16.5. The van der Waals surface area contributed by atoms with E-state index in [-0.39, 0.29) is 11.6 Å². The van der Waals surface area contributed by atoms with E-state index >= 15 is 0 Å². The normalized spacial score (nSPS) is 10.1. The van der Waals surface area contributed by atoms with Gasteiger partial charge >= 0.3 is 0 Å². The lowest BCUT2D eigenvalue weighted by molar-refractivity contribution is 0.102. The van der Waals surface area contributed by atoms with E-state index in [1.807, 2.05) is 60.7 Å². The third-order valence-electron chi connectivity index (χ3n) is 3.14. The zero-order chi connectivity index (χ0) is 15.9. The van der Waals surface area contributed by atoms with Crippen LogP contribution in [-0.4, -0.2) is 15.9 Å². The van der Waals surface area contributed by atoms with E-state index in [4.69, 9.17) is 4.74 Å². The lowest BCUT2D eigenvalue weighted by atomic mass is 10.2. The van der Waals surface area contributed by atoms with E-state index < -0.39 is 0 Å². The van der Waals surface area contributed by atoms with E-state index in [1.54, 1.807) is 0 Å². The lowest BCUT2D eigenvalue weighted by Crippen LogP contribution is -2.14. The van der Waals surface area contributed by atoms with Gasteiger partial charge < -0.3 is 10.1 Å². The number of benzene rings is 2. The minimum atomic E-state index is -0.303. The van der Waals surface area contributed by atoms with Gasteiger partial charge in [-0.3, -0.25) is 4.79 Å². The quantitative estimate of drug-likeness (QED) is 0.785. The molecule has 0 radical (unpaired) electrons. The molecule has 0 spiro atoms. The van der Waals surface area contributed by atoms with Gasteiger partial charge in [0, 0.05) is 11.8 Å². The zero-order valence-corrected chi connectivity index (χ0v) is 12.3. The van der Waals surface area contributed by atoms with Gasteiger partial charge in [-0.25, -0.2) is 9.97 Å². The molecule has 0 atom stereocenters. The van der Waals surface area contributed by atoms with Gasteiger partial charge in [0.2, 0.25) is 5.88 Å². The number of hydrogen-bond donors (Lipinski definition) is 1. The molecule has 2 aromatic carbocycles. The van der Waals surface area contributed by atoms with Gasteiger partial charge in [-0.05, 0) is 17.7 Å². The summed E-state index contributed by atoms with van der Waals surface area (Å²) in [6, 6.07) is 20.5. The first kappa shape index (κ1) is 14.7. The molecule has 0 saturated heterocycles. The molecule has 3 aromatic rings. The van der Waals surface area contributed by atoms with Crippen LogP contribution < -0.4 is 10.1 Å². The number of nitrogens with zero attached hydrogens (tertiary/aromatic N) is 2. The fourth-order valence-electron chi connectivity index (χ4n) is 1.99. The number of aromatic nitrogens is 2. The van der Waals surface area contributed by atoms with Crippen LogP contribution in [0, 0.1) is 0 Å². The molecule has 0 aliphatic heterocycles. The first-order valence-electron chi connectivity index (χ1n) is 7.16. The van der Waals surface area contributed by atoms with Crippen LogP contribution in [0.4, 0.5) is 5.69 Å². The second kappa shape index (κ2) is 7.17. The zero-order valence-electron chi connectivity index (χ0n) is 12.3. The van der Waals surface area contributed by atoms with E-state index in [0.29, 0.717) is 18.2 Å². The maximum absolute atomic E-state index is 12.2. The highest BCUT2D eigenvalue weighted by molar-refractivity contribution is 6.02. The van der Waals surface area contributed by atoms with Gasteiger partial charge in [0.15, 0.2) is 0 Å². The molecule has 0 bridgehead atoms. The Morgan fingerprint density at radius 3 is 2.39 bits per heavy atom. The third-order valence-corrected chi connectivity index (χ3v) is 3.14. The predicted octanol–water partition coefficient (Wildman–Crippen LogP) is 3.31. The van der Waals surface area contributed by atoms with Gasteiger partial charge in [-0.15, -0.1) is 0 Å². The molecule has 5 nitrogen and oxygen atoms in total. The number of nitrogens with one attached hydrogen (secondary N) is 1. The summed E-state index contributed by atoms with van der Waals surface area (Å²) in [5.41, 5.74) is 2.00. The summed E-state index contributed by atoms with van der Waals surface area (Å²) >= 11 is 0. The van der Waals surface area contributed by atoms with Crippen molar-refractivity contribution in [3.8, 4) is 5.88 Å². The Kier molecular flexibility index (Phi) is 4.59. The Bertz CT molecular complexity index is 777. The van der Waals surface area contributed by atoms with Crippen molar-refractivity contribution < 1.29 is 9.53 Å². The summed E-state index contributed by atoms with van der Waals surface area (Å²) in [6.45, 7) is 0.387. The number of anilines is 1. The molecule has 1 N–H and O–H groups in total. The molecule has 23 heavy (non-hydrogen) atoms. The molecule has 0 unspecified atom stereocenters. The number of ether oxygens (including phenoxy) is 1. The minimum Gasteiger partial charge on any atom is -0.473 e. The van der Waals surface area contributed by atoms with Crippen molar-refractivity contribution in [3.05, 3.63) is 84.3 Å². The summed E-state index contributed by atoms with van der Waals surface area (Å²) < 4.78 is 5.60. The van der Waals surface area contributed by atoms with Crippen molar-refractivity contribution in [2.24, 2.45) is 0 Å². The Labute approximate surface area is 134 Å². The molecule has 0 aliphatic carbocycles. The summed E-state index contributed by atoms with van der Waals surface area (Å²) in [5, 5.41) is 2.77. The number of rotatable bonds is 5. The van der Waals surface area contributed by atoms with E-state index in [1.165, 1.54) is 12.4 Å². The van der Waals surface area contributed by atoms with Crippen LogP contribution in [-0.2, 0) is 6.61 Å². The minimum absolute atomic E-state index is 0.256. The molecule has 0 saturated carbocycles. The monoisotopic (exact) mass is 305 g/mol. The molecule has 3 rings (SSSR count). The number of amides is 1. The summed E-state index contributed by atoms with van der Waals surface area (Å²) in [5.74, 6) is 0.0604. The van der Waals surface area contributed by atoms with Crippen LogP contribution in [0.1, 0.15) is 16.1 Å². The number of carbonyl (C=O) groups is 1. The molecule has 1 aromatic heterocycles. The van der Waals surface area contributed by atoms with Crippen molar-refractivity contribution in [2.45, 2.75) is 6.61 Å². The molecule has 0 fully saturated rings. The standard InChI is InChI=1S/C18H15N3O2/c22-18(21-15-9-5-2-6-10-15)16-11-17(20-13-19-16)23-12-14-7-3-1-4-8-14/h1-11,13H,12H2,(H,21,22). The number of hydrogen-bond acceptors (Lipinski definition) is 4. The van der Waals surface area contributed by atoms with Crippen LogP contribution in [0.25, 0.3) is 0 Å². The topological polar surface area (TPSA) is 64.1 Å². The van der Waals surface area contributed by atoms with Crippen LogP contribution in [0.15, 0.2) is 73.1 Å². The van der Waals surface area contributed by atoms with Crippen LogP contribution in [0.2, 0.25) is 0 Å². The molecule has 1 heterocycles. The summed E-state index contributed by atoms with van der Waals surface area (Å²) in [6.07, 6.45) is 1.32. The largest absolute Gasteiger partial charge is 0.473 e. The van der Waals surface area contributed by atoms with Gasteiger partial charge in [0.1, 0.15) is 18.6 Å². The molecule has 0 aliphatic rings. The van der Waals surface area contributed by atoms with E-state index in [2.05, 4.69) is 15.3 Å². The maximum atomic E-state index is 12.2. The highest BCUT2D eigenvalue weighted by Gasteiger charge is 2.09. The number of para-hydroxylation sites is 1. The van der Waals surface area contributed by atoms with Gasteiger partial charge in [0.05, 0.1) is 0 Å². The molecular formula is C18H15N3O2. The second-order valence-electron chi connectivity index (χ2n) is 4.84. The van der Waals surface area contributed by atoms with Crippen molar-refractivity contribution in [2.75, 3.05) is 5.32 Å². The van der Waals surface area contributed by atoms with E-state index in [0.717, 1.165) is 5.56 Å². The van der Waals surface area contributed by atoms with Gasteiger partial charge in [-0.1, -0.05) is 48.5 Å². The average Bonchev–Trinajstić information content (AvgIpc) is 2.62. The fourth-order valence-corrected chi connectivity index (χ4v) is 1.99. The fraction of sp³-hybridized carbons (Fsp3) is 0.0556. The van der Waals surface area contributed by atoms with Crippen molar-refractivity contribution in [1.29, 1.82) is 0 Å². The average molecular weight is 305 g/mol. The first-order chi connectivity index (χ1) is 11.3. The predicted molar refractivity (Wildman–Crippen MR) is 87.2 cm³/mol. The Morgan fingerprint density at radius 2 is 1.65 bits per heavy atom. The summed E-state index contributed by atoms with van der Waals surface area (Å²) in [4.78, 5) is 20.2. The van der Waals surface area contributed by atoms with Crippen molar-refractivity contribution >= 4 is 11.6 Å². The van der Waals surface area contributed by atoms with Gasteiger partial charge in [0.25, 0.3) is 5.91 Å².